The molecular weight excluding hydrogens is 360 g/mol. The lowest BCUT2D eigenvalue weighted by Crippen LogP contribution is -2.29. The monoisotopic (exact) mass is 382 g/mol. The number of nitrogens with zero attached hydrogens (tertiary/aromatic N) is 5. The second-order valence-electron chi connectivity index (χ2n) is 6.94. The van der Waals surface area contributed by atoms with Crippen molar-refractivity contribution in [2.24, 2.45) is 0 Å². The summed E-state index contributed by atoms with van der Waals surface area (Å²) in [7, 11) is 1.48. The summed E-state index contributed by atoms with van der Waals surface area (Å²) < 4.78 is 6.42. The Kier molecular flexibility index (Phi) is 4.58. The molecule has 1 aliphatic rings. The first kappa shape index (κ1) is 18.1. The van der Waals surface area contributed by atoms with E-state index in [0.717, 1.165) is 29.8 Å². The average Bonchev–Trinajstić information content (AvgIpc) is 3.32. The molecular formula is C19H22N6O3. The summed E-state index contributed by atoms with van der Waals surface area (Å²) >= 11 is 0. The number of aromatic amines is 1. The number of carbonyl (C=O) groups excluding carboxylic acids is 1. The van der Waals surface area contributed by atoms with Crippen molar-refractivity contribution in [1.29, 1.82) is 0 Å². The van der Waals surface area contributed by atoms with Crippen LogP contribution in [0.15, 0.2) is 23.3 Å². The van der Waals surface area contributed by atoms with E-state index < -0.39 is 0 Å². The predicted octanol–water partition coefficient (Wildman–Crippen LogP) is 1.32. The fourth-order valence-corrected chi connectivity index (χ4v) is 3.75. The van der Waals surface area contributed by atoms with E-state index >= 15 is 0 Å². The van der Waals surface area contributed by atoms with Gasteiger partial charge in [-0.1, -0.05) is 6.92 Å². The van der Waals surface area contributed by atoms with Gasteiger partial charge in [-0.15, -0.1) is 0 Å². The lowest BCUT2D eigenvalue weighted by molar-refractivity contribution is 0.0789. The van der Waals surface area contributed by atoms with Crippen molar-refractivity contribution in [2.75, 3.05) is 20.2 Å². The highest BCUT2D eigenvalue weighted by Crippen LogP contribution is 2.27. The van der Waals surface area contributed by atoms with Gasteiger partial charge in [0.15, 0.2) is 5.65 Å². The first-order valence-electron chi connectivity index (χ1n) is 9.28. The normalized spacial score (nSPS) is 16.7. The Morgan fingerprint density at radius 1 is 1.36 bits per heavy atom. The molecule has 0 saturated carbocycles. The number of aromatic nitrogens is 5. The summed E-state index contributed by atoms with van der Waals surface area (Å²) in [6.45, 7) is 5.10. The van der Waals surface area contributed by atoms with E-state index in [1.54, 1.807) is 11.0 Å². The first-order chi connectivity index (χ1) is 13.5. The number of fused-ring (bicyclic) bond motifs is 1. The zero-order chi connectivity index (χ0) is 19.8. The Bertz CT molecular complexity index is 1090. The molecule has 1 N–H and O–H groups in total. The zero-order valence-electron chi connectivity index (χ0n) is 16.1. The summed E-state index contributed by atoms with van der Waals surface area (Å²) in [6, 6.07) is 1.79. The van der Waals surface area contributed by atoms with Crippen LogP contribution in [0, 0.1) is 6.92 Å². The lowest BCUT2D eigenvalue weighted by atomic mass is 10.0. The smallest absolute Gasteiger partial charge is 0.316 e. The van der Waals surface area contributed by atoms with Crippen molar-refractivity contribution in [3.63, 3.8) is 0 Å². The van der Waals surface area contributed by atoms with Gasteiger partial charge in [0.2, 0.25) is 0 Å². The van der Waals surface area contributed by atoms with Crippen molar-refractivity contribution >= 4 is 11.6 Å². The molecule has 4 rings (SSSR count). The quantitative estimate of drug-likeness (QED) is 0.730. The molecule has 28 heavy (non-hydrogen) atoms. The van der Waals surface area contributed by atoms with Gasteiger partial charge in [0, 0.05) is 48.7 Å². The second-order valence-corrected chi connectivity index (χ2v) is 6.94. The van der Waals surface area contributed by atoms with E-state index in [-0.39, 0.29) is 23.4 Å². The van der Waals surface area contributed by atoms with Crippen molar-refractivity contribution in [1.82, 2.24) is 29.5 Å². The minimum atomic E-state index is -0.130. The van der Waals surface area contributed by atoms with E-state index in [1.165, 1.54) is 24.0 Å². The number of likely N-dealkylation sites (tertiary alicyclic amines) is 1. The Hall–Kier alpha value is -3.23. The topological polar surface area (TPSA) is 105 Å². The van der Waals surface area contributed by atoms with E-state index in [0.29, 0.717) is 24.3 Å². The predicted molar refractivity (Wildman–Crippen MR) is 102 cm³/mol. The molecule has 1 amide bonds. The molecule has 1 atom stereocenters. The lowest BCUT2D eigenvalue weighted by Gasteiger charge is -2.16. The number of hydrogen-bond acceptors (Lipinski definition) is 6. The Morgan fingerprint density at radius 3 is 2.79 bits per heavy atom. The standard InChI is InChI=1S/C19H22N6O3/c1-4-14-11(2)23-25-16(26)7-15(22-17(14)25)12-5-6-24(10-12)18(27)13-8-20-19(28-3)21-9-13/h7-9,12,23H,4-6,10H2,1-3H3/t12-/m1/s1. The van der Waals surface area contributed by atoms with E-state index in [1.807, 2.05) is 13.8 Å². The van der Waals surface area contributed by atoms with Crippen LogP contribution in [-0.2, 0) is 6.42 Å². The van der Waals surface area contributed by atoms with Gasteiger partial charge in [-0.05, 0) is 19.8 Å². The summed E-state index contributed by atoms with van der Waals surface area (Å²) in [5.41, 5.74) is 3.69. The average molecular weight is 382 g/mol. The zero-order valence-corrected chi connectivity index (χ0v) is 16.1. The van der Waals surface area contributed by atoms with Crippen LogP contribution in [-0.4, -0.2) is 55.6 Å². The Balaban J connectivity index is 1.58. The van der Waals surface area contributed by atoms with Gasteiger partial charge >= 0.3 is 6.01 Å². The van der Waals surface area contributed by atoms with Crippen LogP contribution in [0.3, 0.4) is 0 Å². The number of carbonyl (C=O) groups is 1. The fourth-order valence-electron chi connectivity index (χ4n) is 3.75. The van der Waals surface area contributed by atoms with E-state index in [4.69, 9.17) is 9.72 Å². The third-order valence-corrected chi connectivity index (χ3v) is 5.25. The van der Waals surface area contributed by atoms with Crippen molar-refractivity contribution in [3.05, 3.63) is 51.3 Å². The largest absolute Gasteiger partial charge is 0.467 e. The van der Waals surface area contributed by atoms with Gasteiger partial charge < -0.3 is 9.64 Å². The molecule has 0 radical (unpaired) electrons. The maximum atomic E-state index is 12.7. The number of hydrogen-bond donors (Lipinski definition) is 1. The number of aryl methyl sites for hydroxylation is 2. The molecule has 0 bridgehead atoms. The van der Waals surface area contributed by atoms with Gasteiger partial charge in [0.25, 0.3) is 11.5 Å². The summed E-state index contributed by atoms with van der Waals surface area (Å²) in [5.74, 6) is -0.101. The van der Waals surface area contributed by atoms with Crippen LogP contribution in [0.5, 0.6) is 6.01 Å². The summed E-state index contributed by atoms with van der Waals surface area (Å²) in [6.07, 6.45) is 4.49. The van der Waals surface area contributed by atoms with Crippen LogP contribution < -0.4 is 10.3 Å². The van der Waals surface area contributed by atoms with Crippen molar-refractivity contribution in [3.8, 4) is 6.01 Å². The maximum absolute atomic E-state index is 12.7. The van der Waals surface area contributed by atoms with Crippen molar-refractivity contribution in [2.45, 2.75) is 32.6 Å². The fraction of sp³-hybridized carbons (Fsp3) is 0.421. The second kappa shape index (κ2) is 7.06. The highest BCUT2D eigenvalue weighted by molar-refractivity contribution is 5.93. The third-order valence-electron chi connectivity index (χ3n) is 5.25. The molecule has 9 heteroatoms. The number of ether oxygens (including phenoxy) is 1. The van der Waals surface area contributed by atoms with Gasteiger partial charge in [-0.3, -0.25) is 14.7 Å². The molecule has 0 aromatic carbocycles. The minimum absolute atomic E-state index is 0.0285. The molecule has 1 fully saturated rings. The number of methoxy groups -OCH3 is 1. The van der Waals surface area contributed by atoms with Crippen LogP contribution in [0.4, 0.5) is 0 Å². The van der Waals surface area contributed by atoms with Crippen LogP contribution in [0.2, 0.25) is 0 Å². The van der Waals surface area contributed by atoms with Gasteiger partial charge in [-0.2, -0.15) is 0 Å². The SMILES string of the molecule is CCc1c(C)[nH]n2c(=O)cc([C@@H]3CCN(C(=O)c4cnc(OC)nc4)C3)nc12. The molecule has 0 spiro atoms. The number of rotatable bonds is 4. The molecule has 1 saturated heterocycles. The molecule has 146 valence electrons. The number of nitrogens with one attached hydrogen (secondary N) is 1. The highest BCUT2D eigenvalue weighted by atomic mass is 16.5. The van der Waals surface area contributed by atoms with E-state index in [9.17, 15) is 9.59 Å². The minimum Gasteiger partial charge on any atom is -0.467 e. The Morgan fingerprint density at radius 2 is 2.11 bits per heavy atom. The Labute approximate surface area is 161 Å². The summed E-state index contributed by atoms with van der Waals surface area (Å²) in [5, 5.41) is 3.07. The van der Waals surface area contributed by atoms with E-state index in [2.05, 4.69) is 15.1 Å². The first-order valence-corrected chi connectivity index (χ1v) is 9.28. The van der Waals surface area contributed by atoms with Crippen molar-refractivity contribution < 1.29 is 9.53 Å². The van der Waals surface area contributed by atoms with Crippen LogP contribution in [0.25, 0.3) is 5.65 Å². The van der Waals surface area contributed by atoms with Gasteiger partial charge in [-0.25, -0.2) is 19.5 Å². The molecule has 9 nitrogen and oxygen atoms in total. The molecule has 4 heterocycles. The molecule has 0 aliphatic carbocycles. The third kappa shape index (κ3) is 3.02. The summed E-state index contributed by atoms with van der Waals surface area (Å²) in [4.78, 5) is 39.7. The van der Waals surface area contributed by atoms with Gasteiger partial charge in [0.05, 0.1) is 18.4 Å². The number of amides is 1. The molecule has 1 aliphatic heterocycles. The molecule has 3 aromatic heterocycles. The van der Waals surface area contributed by atoms with Crippen LogP contribution in [0.1, 0.15) is 46.6 Å². The van der Waals surface area contributed by atoms with Crippen LogP contribution >= 0.6 is 0 Å². The van der Waals surface area contributed by atoms with Gasteiger partial charge in [0.1, 0.15) is 0 Å². The molecule has 0 unspecified atom stereocenters. The highest BCUT2D eigenvalue weighted by Gasteiger charge is 2.30. The molecule has 3 aromatic rings. The maximum Gasteiger partial charge on any atom is 0.316 e. The number of H-pyrrole nitrogens is 1.